The summed E-state index contributed by atoms with van der Waals surface area (Å²) in [5.41, 5.74) is 0. The minimum atomic E-state index is -3.84. The lowest BCUT2D eigenvalue weighted by atomic mass is 10.3. The normalized spacial score (nSPS) is 11.0. The first kappa shape index (κ1) is 13.2. The zero-order chi connectivity index (χ0) is 12.9. The van der Waals surface area contributed by atoms with Crippen molar-refractivity contribution in [2.75, 3.05) is 6.54 Å². The molecule has 2 N–H and O–H groups in total. The molecular weight excluding hydrogens is 248 g/mol. The van der Waals surface area contributed by atoms with Crippen molar-refractivity contribution in [3.63, 3.8) is 0 Å². The molecule has 7 nitrogen and oxygen atoms in total. The van der Waals surface area contributed by atoms with Gasteiger partial charge >= 0.3 is 5.97 Å². The van der Waals surface area contributed by atoms with Crippen molar-refractivity contribution in [1.82, 2.24) is 4.72 Å². The van der Waals surface area contributed by atoms with E-state index in [1.54, 1.807) is 0 Å². The molecule has 0 fully saturated rings. The summed E-state index contributed by atoms with van der Waals surface area (Å²) in [6, 6.07) is 4.00. The van der Waals surface area contributed by atoms with E-state index in [0.717, 1.165) is 12.1 Å². The number of nitrogens with one attached hydrogen (secondary N) is 1. The van der Waals surface area contributed by atoms with Crippen molar-refractivity contribution in [2.45, 2.75) is 17.9 Å². The van der Waals surface area contributed by atoms with Gasteiger partial charge in [-0.2, -0.15) is 5.26 Å². The van der Waals surface area contributed by atoms with E-state index in [1.807, 2.05) is 6.07 Å². The predicted molar refractivity (Wildman–Crippen MR) is 55.7 cm³/mol. The maximum absolute atomic E-state index is 11.6. The molecule has 0 spiro atoms. The molecular formula is C9H10N2O5S. The van der Waals surface area contributed by atoms with Gasteiger partial charge < -0.3 is 9.52 Å². The molecule has 1 aromatic heterocycles. The number of hydrogen-bond donors (Lipinski definition) is 2. The molecule has 0 aliphatic rings. The third-order valence-corrected chi connectivity index (χ3v) is 3.15. The first-order valence-corrected chi connectivity index (χ1v) is 6.15. The van der Waals surface area contributed by atoms with Crippen LogP contribution in [0.25, 0.3) is 0 Å². The van der Waals surface area contributed by atoms with Crippen molar-refractivity contribution in [3.05, 3.63) is 17.9 Å². The highest BCUT2D eigenvalue weighted by Crippen LogP contribution is 2.13. The van der Waals surface area contributed by atoms with Gasteiger partial charge in [0, 0.05) is 13.0 Å². The van der Waals surface area contributed by atoms with Crippen LogP contribution in [0.4, 0.5) is 0 Å². The fourth-order valence-corrected chi connectivity index (χ4v) is 2.03. The minimum Gasteiger partial charge on any atom is -0.475 e. The van der Waals surface area contributed by atoms with E-state index >= 15 is 0 Å². The molecule has 0 atom stereocenters. The highest BCUT2D eigenvalue weighted by atomic mass is 32.2. The fraction of sp³-hybridized carbons (Fsp3) is 0.333. The predicted octanol–water partition coefficient (Wildman–Crippen LogP) is 0.560. The quantitative estimate of drug-likeness (QED) is 0.719. The molecule has 1 heterocycles. The van der Waals surface area contributed by atoms with Crippen molar-refractivity contribution in [3.8, 4) is 6.07 Å². The Labute approximate surface area is 97.7 Å². The van der Waals surface area contributed by atoms with Crippen LogP contribution in [0.3, 0.4) is 0 Å². The van der Waals surface area contributed by atoms with Gasteiger partial charge in [-0.15, -0.1) is 0 Å². The third kappa shape index (κ3) is 3.58. The Hall–Kier alpha value is -1.85. The standard InChI is InChI=1S/C9H10N2O5S/c10-5-1-2-6-11-17(14,15)8-4-3-7(16-8)9(12)13/h3-4,11H,1-2,6H2,(H,12,13). The van der Waals surface area contributed by atoms with Gasteiger partial charge in [0.05, 0.1) is 6.07 Å². The van der Waals surface area contributed by atoms with Gasteiger partial charge in [-0.3, -0.25) is 0 Å². The summed E-state index contributed by atoms with van der Waals surface area (Å²) in [4.78, 5) is 10.5. The first-order chi connectivity index (χ1) is 7.97. The Morgan fingerprint density at radius 1 is 1.53 bits per heavy atom. The molecule has 0 bridgehead atoms. The van der Waals surface area contributed by atoms with E-state index in [0.29, 0.717) is 6.42 Å². The molecule has 0 radical (unpaired) electrons. The van der Waals surface area contributed by atoms with Crippen LogP contribution in [-0.2, 0) is 10.0 Å². The summed E-state index contributed by atoms with van der Waals surface area (Å²) in [5, 5.41) is 16.4. The Balaban J connectivity index is 2.69. The molecule has 0 aliphatic carbocycles. The lowest BCUT2D eigenvalue weighted by molar-refractivity contribution is 0.0656. The summed E-state index contributed by atoms with van der Waals surface area (Å²) in [6.07, 6.45) is 0.614. The number of aromatic carboxylic acids is 1. The molecule has 0 saturated carbocycles. The molecule has 0 saturated heterocycles. The Morgan fingerprint density at radius 3 is 2.76 bits per heavy atom. The number of hydrogen-bond acceptors (Lipinski definition) is 5. The van der Waals surface area contributed by atoms with E-state index < -0.39 is 26.8 Å². The average molecular weight is 258 g/mol. The Kier molecular flexibility index (Phi) is 4.25. The number of nitriles is 1. The molecule has 0 aliphatic heterocycles. The van der Waals surface area contributed by atoms with Crippen molar-refractivity contribution in [2.24, 2.45) is 0 Å². The molecule has 1 aromatic rings. The van der Waals surface area contributed by atoms with Crippen LogP contribution in [0.5, 0.6) is 0 Å². The minimum absolute atomic E-state index is 0.0962. The summed E-state index contributed by atoms with van der Waals surface area (Å²) in [7, 11) is -3.84. The van der Waals surface area contributed by atoms with Crippen molar-refractivity contribution in [1.29, 1.82) is 5.26 Å². The van der Waals surface area contributed by atoms with Gasteiger partial charge in [-0.25, -0.2) is 17.9 Å². The number of carboxylic acids is 1. The van der Waals surface area contributed by atoms with Crippen LogP contribution in [0.15, 0.2) is 21.6 Å². The third-order valence-electron chi connectivity index (χ3n) is 1.81. The molecule has 0 unspecified atom stereocenters. The van der Waals surface area contributed by atoms with E-state index in [-0.39, 0.29) is 13.0 Å². The van der Waals surface area contributed by atoms with E-state index in [9.17, 15) is 13.2 Å². The van der Waals surface area contributed by atoms with Crippen molar-refractivity contribution < 1.29 is 22.7 Å². The maximum Gasteiger partial charge on any atom is 0.371 e. The van der Waals surface area contributed by atoms with Crippen LogP contribution >= 0.6 is 0 Å². The summed E-state index contributed by atoms with van der Waals surface area (Å²) >= 11 is 0. The summed E-state index contributed by atoms with van der Waals surface area (Å²) in [6.45, 7) is 0.0962. The van der Waals surface area contributed by atoms with Gasteiger partial charge in [0.2, 0.25) is 10.9 Å². The van der Waals surface area contributed by atoms with Gasteiger partial charge in [0.1, 0.15) is 0 Å². The second kappa shape index (κ2) is 5.47. The molecule has 0 amide bonds. The SMILES string of the molecule is N#CCCCNS(=O)(=O)c1ccc(C(=O)O)o1. The number of carboxylic acid groups (broad SMARTS) is 1. The lowest BCUT2D eigenvalue weighted by Gasteiger charge is -2.01. The largest absolute Gasteiger partial charge is 0.475 e. The second-order valence-corrected chi connectivity index (χ2v) is 4.78. The zero-order valence-corrected chi connectivity index (χ0v) is 9.53. The Morgan fingerprint density at radius 2 is 2.24 bits per heavy atom. The van der Waals surface area contributed by atoms with Crippen molar-refractivity contribution >= 4 is 16.0 Å². The molecule has 1 rings (SSSR count). The zero-order valence-electron chi connectivity index (χ0n) is 8.71. The second-order valence-electron chi connectivity index (χ2n) is 3.08. The van der Waals surface area contributed by atoms with Crippen LogP contribution in [0, 0.1) is 11.3 Å². The van der Waals surface area contributed by atoms with Crippen LogP contribution in [0.1, 0.15) is 23.4 Å². The monoisotopic (exact) mass is 258 g/mol. The maximum atomic E-state index is 11.6. The van der Waals surface area contributed by atoms with E-state index in [2.05, 4.69) is 9.14 Å². The number of nitrogens with zero attached hydrogens (tertiary/aromatic N) is 1. The molecule has 17 heavy (non-hydrogen) atoms. The van der Waals surface area contributed by atoms with Gasteiger partial charge in [0.15, 0.2) is 0 Å². The molecule has 8 heteroatoms. The van der Waals surface area contributed by atoms with Gasteiger partial charge in [0.25, 0.3) is 10.0 Å². The van der Waals surface area contributed by atoms with E-state index in [4.69, 9.17) is 10.4 Å². The topological polar surface area (TPSA) is 120 Å². The first-order valence-electron chi connectivity index (χ1n) is 4.67. The highest BCUT2D eigenvalue weighted by molar-refractivity contribution is 7.89. The average Bonchev–Trinajstić information content (AvgIpc) is 2.74. The van der Waals surface area contributed by atoms with Gasteiger partial charge in [-0.05, 0) is 18.6 Å². The number of rotatable bonds is 6. The lowest BCUT2D eigenvalue weighted by Crippen LogP contribution is -2.24. The van der Waals surface area contributed by atoms with Gasteiger partial charge in [-0.1, -0.05) is 0 Å². The number of sulfonamides is 1. The van der Waals surface area contributed by atoms with E-state index in [1.165, 1.54) is 0 Å². The molecule has 0 aromatic carbocycles. The van der Waals surface area contributed by atoms with Crippen LogP contribution in [0.2, 0.25) is 0 Å². The number of furan rings is 1. The smallest absolute Gasteiger partial charge is 0.371 e. The summed E-state index contributed by atoms with van der Waals surface area (Å²) in [5.74, 6) is -1.78. The molecule has 92 valence electrons. The highest BCUT2D eigenvalue weighted by Gasteiger charge is 2.20. The number of carbonyl (C=O) groups is 1. The fourth-order valence-electron chi connectivity index (χ4n) is 1.02. The number of unbranched alkanes of at least 4 members (excludes halogenated alkanes) is 1. The van der Waals surface area contributed by atoms with Crippen LogP contribution < -0.4 is 4.72 Å². The summed E-state index contributed by atoms with van der Waals surface area (Å²) < 4.78 is 29.9. The Bertz CT molecular complexity index is 540. The van der Waals surface area contributed by atoms with Crippen LogP contribution in [-0.4, -0.2) is 26.0 Å².